The molecule has 0 bridgehead atoms. The number of benzene rings is 2. The molecule has 1 aromatic heterocycles. The van der Waals surface area contributed by atoms with Crippen LogP contribution in [0.4, 0.5) is 17.6 Å². The van der Waals surface area contributed by atoms with Gasteiger partial charge in [0.15, 0.2) is 5.76 Å². The summed E-state index contributed by atoms with van der Waals surface area (Å²) in [4.78, 5) is 14.5. The van der Waals surface area contributed by atoms with Crippen molar-refractivity contribution in [2.45, 2.75) is 19.3 Å². The molecule has 1 amide bonds. The molecular weight excluding hydrogens is 376 g/mol. The molecule has 0 aliphatic heterocycles. The van der Waals surface area contributed by atoms with Gasteiger partial charge < -0.3 is 14.6 Å². The summed E-state index contributed by atoms with van der Waals surface area (Å²) in [5.74, 6) is -1.58. The van der Waals surface area contributed by atoms with Crippen molar-refractivity contribution >= 4 is 16.9 Å². The Bertz CT molecular complexity index is 1010. The highest BCUT2D eigenvalue weighted by Gasteiger charge is 2.34. The molecule has 0 aliphatic rings. The summed E-state index contributed by atoms with van der Waals surface area (Å²) in [5, 5.41) is 3.21. The van der Waals surface area contributed by atoms with Crippen LogP contribution in [-0.2, 0) is 19.3 Å². The van der Waals surface area contributed by atoms with Gasteiger partial charge in [0.2, 0.25) is 0 Å². The van der Waals surface area contributed by atoms with Gasteiger partial charge in [-0.3, -0.25) is 4.79 Å². The third-order valence-corrected chi connectivity index (χ3v) is 4.20. The molecule has 4 nitrogen and oxygen atoms in total. The molecule has 0 aliphatic carbocycles. The quantitative estimate of drug-likeness (QED) is 0.645. The molecule has 3 rings (SSSR count). The van der Waals surface area contributed by atoms with Crippen molar-refractivity contribution in [1.29, 1.82) is 0 Å². The number of furan rings is 1. The largest absolute Gasteiger partial charge is 0.451 e. The minimum Gasteiger partial charge on any atom is -0.451 e. The van der Waals surface area contributed by atoms with Crippen LogP contribution in [0.25, 0.3) is 11.0 Å². The third-order valence-electron chi connectivity index (χ3n) is 4.20. The van der Waals surface area contributed by atoms with Gasteiger partial charge in [0.1, 0.15) is 11.4 Å². The van der Waals surface area contributed by atoms with Crippen LogP contribution in [0.1, 0.15) is 27.2 Å². The van der Waals surface area contributed by atoms with E-state index in [-0.39, 0.29) is 11.3 Å². The van der Waals surface area contributed by atoms with Crippen molar-refractivity contribution < 1.29 is 26.8 Å². The van der Waals surface area contributed by atoms with Gasteiger partial charge in [-0.1, -0.05) is 24.3 Å². The van der Waals surface area contributed by atoms with E-state index < -0.39 is 30.0 Å². The molecule has 0 saturated heterocycles. The normalized spacial score (nSPS) is 12.0. The molecule has 148 valence electrons. The first-order valence-corrected chi connectivity index (χ1v) is 8.46. The van der Waals surface area contributed by atoms with Crippen LogP contribution in [0, 0.1) is 5.82 Å². The summed E-state index contributed by atoms with van der Waals surface area (Å²) in [5.41, 5.74) is -0.186. The van der Waals surface area contributed by atoms with E-state index in [0.717, 1.165) is 17.5 Å². The van der Waals surface area contributed by atoms with Crippen LogP contribution in [0.2, 0.25) is 0 Å². The monoisotopic (exact) mass is 394 g/mol. The number of amides is 1. The fraction of sp³-hybridized carbons (Fsp3) is 0.250. The number of carbonyl (C=O) groups excluding carboxylic acids is 1. The summed E-state index contributed by atoms with van der Waals surface area (Å²) in [7, 11) is 3.66. The molecule has 1 N–H and O–H groups in total. The number of hydrogen-bond acceptors (Lipinski definition) is 3. The van der Waals surface area contributed by atoms with E-state index in [0.29, 0.717) is 23.8 Å². The van der Waals surface area contributed by atoms with E-state index in [1.807, 2.05) is 31.1 Å². The molecule has 0 radical (unpaired) electrons. The molecular formula is C20H18F4N2O2. The fourth-order valence-electron chi connectivity index (χ4n) is 2.98. The van der Waals surface area contributed by atoms with Crippen molar-refractivity contribution in [3.63, 3.8) is 0 Å². The van der Waals surface area contributed by atoms with E-state index in [9.17, 15) is 22.4 Å². The molecule has 0 saturated carbocycles. The lowest BCUT2D eigenvalue weighted by molar-refractivity contribution is -0.138. The van der Waals surface area contributed by atoms with Gasteiger partial charge in [-0.25, -0.2) is 4.39 Å². The molecule has 0 unspecified atom stereocenters. The molecule has 2 aromatic carbocycles. The average Bonchev–Trinajstić information content (AvgIpc) is 2.98. The minimum atomic E-state index is -4.72. The lowest BCUT2D eigenvalue weighted by Crippen LogP contribution is -2.26. The van der Waals surface area contributed by atoms with Crippen LogP contribution < -0.4 is 5.32 Å². The summed E-state index contributed by atoms with van der Waals surface area (Å²) in [6.07, 6.45) is -4.72. The molecule has 0 atom stereocenters. The third kappa shape index (κ3) is 4.17. The smallest absolute Gasteiger partial charge is 0.416 e. The number of halogens is 4. The van der Waals surface area contributed by atoms with Gasteiger partial charge in [0.25, 0.3) is 5.91 Å². The summed E-state index contributed by atoms with van der Waals surface area (Å²) < 4.78 is 58.2. The maximum atomic E-state index is 13.2. The number of para-hydroxylation sites is 1. The Morgan fingerprint density at radius 1 is 1.14 bits per heavy atom. The van der Waals surface area contributed by atoms with Gasteiger partial charge in [-0.2, -0.15) is 13.2 Å². The van der Waals surface area contributed by atoms with Crippen molar-refractivity contribution in [1.82, 2.24) is 10.2 Å². The van der Waals surface area contributed by atoms with Gasteiger partial charge in [0.05, 0.1) is 5.56 Å². The molecule has 0 spiro atoms. The fourth-order valence-corrected chi connectivity index (χ4v) is 2.98. The van der Waals surface area contributed by atoms with E-state index in [4.69, 9.17) is 4.42 Å². The Labute approximate surface area is 158 Å². The first kappa shape index (κ1) is 19.9. The second kappa shape index (κ2) is 7.63. The first-order valence-electron chi connectivity index (χ1n) is 8.46. The Morgan fingerprint density at radius 3 is 2.54 bits per heavy atom. The van der Waals surface area contributed by atoms with E-state index >= 15 is 0 Å². The zero-order valence-corrected chi connectivity index (χ0v) is 15.2. The zero-order valence-electron chi connectivity index (χ0n) is 15.2. The zero-order chi connectivity index (χ0) is 20.5. The molecule has 8 heteroatoms. The number of rotatable bonds is 5. The number of fused-ring (bicyclic) bond motifs is 1. The molecule has 0 fully saturated rings. The van der Waals surface area contributed by atoms with E-state index in [1.54, 1.807) is 12.1 Å². The van der Waals surface area contributed by atoms with E-state index in [1.165, 1.54) is 0 Å². The molecule has 3 aromatic rings. The number of nitrogens with zero attached hydrogens (tertiary/aromatic N) is 1. The van der Waals surface area contributed by atoms with Gasteiger partial charge in [0, 0.05) is 24.0 Å². The topological polar surface area (TPSA) is 45.5 Å². The Balaban J connectivity index is 1.89. The highest BCUT2D eigenvalue weighted by Crippen LogP contribution is 2.33. The maximum Gasteiger partial charge on any atom is 0.416 e. The van der Waals surface area contributed by atoms with Crippen LogP contribution >= 0.6 is 0 Å². The second-order valence-corrected chi connectivity index (χ2v) is 6.63. The minimum absolute atomic E-state index is 0.0468. The van der Waals surface area contributed by atoms with Crippen LogP contribution in [-0.4, -0.2) is 24.9 Å². The number of nitrogens with one attached hydrogen (secondary N) is 1. The lowest BCUT2D eigenvalue weighted by atomic mass is 10.1. The summed E-state index contributed by atoms with van der Waals surface area (Å²) in [6.45, 7) is 0.0104. The van der Waals surface area contributed by atoms with Crippen LogP contribution in [0.15, 0.2) is 46.9 Å². The maximum absolute atomic E-state index is 13.2. The van der Waals surface area contributed by atoms with Gasteiger partial charge in [-0.05, 0) is 37.9 Å². The standard InChI is InChI=1S/C20H18F4N2O2/c1-26(2)11-15-14-5-3-4-6-17(14)28-18(15)19(27)25-10-12-7-8-13(21)9-16(12)20(22,23)24/h3-9H,10-11H2,1-2H3,(H,25,27). The molecule has 1 heterocycles. The highest BCUT2D eigenvalue weighted by molar-refractivity contribution is 5.99. The Morgan fingerprint density at radius 2 is 1.86 bits per heavy atom. The second-order valence-electron chi connectivity index (χ2n) is 6.63. The predicted octanol–water partition coefficient (Wildman–Crippen LogP) is 4.58. The SMILES string of the molecule is CN(C)Cc1c(C(=O)NCc2ccc(F)cc2C(F)(F)F)oc2ccccc12. The lowest BCUT2D eigenvalue weighted by Gasteiger charge is -2.14. The Kier molecular flexibility index (Phi) is 5.42. The summed E-state index contributed by atoms with van der Waals surface area (Å²) in [6, 6.07) is 9.46. The van der Waals surface area contributed by atoms with Crippen molar-refractivity contribution in [2.24, 2.45) is 0 Å². The number of hydrogen-bond donors (Lipinski definition) is 1. The number of alkyl halides is 3. The first-order chi connectivity index (χ1) is 13.2. The highest BCUT2D eigenvalue weighted by atomic mass is 19.4. The van der Waals surface area contributed by atoms with Gasteiger partial charge >= 0.3 is 6.18 Å². The number of carbonyl (C=O) groups is 1. The van der Waals surface area contributed by atoms with E-state index in [2.05, 4.69) is 5.32 Å². The predicted molar refractivity (Wildman–Crippen MR) is 96.2 cm³/mol. The molecule has 28 heavy (non-hydrogen) atoms. The van der Waals surface area contributed by atoms with Crippen molar-refractivity contribution in [3.05, 3.63) is 70.7 Å². The van der Waals surface area contributed by atoms with Crippen molar-refractivity contribution in [2.75, 3.05) is 14.1 Å². The van der Waals surface area contributed by atoms with Crippen molar-refractivity contribution in [3.8, 4) is 0 Å². The van der Waals surface area contributed by atoms with Gasteiger partial charge in [-0.15, -0.1) is 0 Å². The summed E-state index contributed by atoms with van der Waals surface area (Å²) >= 11 is 0. The Hall–Kier alpha value is -2.87. The van der Waals surface area contributed by atoms with Crippen LogP contribution in [0.3, 0.4) is 0 Å². The van der Waals surface area contributed by atoms with Crippen LogP contribution in [0.5, 0.6) is 0 Å². The average molecular weight is 394 g/mol.